The maximum absolute atomic E-state index is 13.8. The molecule has 0 unspecified atom stereocenters. The lowest BCUT2D eigenvalue weighted by atomic mass is 10.2. The number of nitrogens with zero attached hydrogens (tertiary/aromatic N) is 4. The Bertz CT molecular complexity index is 964. The lowest BCUT2D eigenvalue weighted by molar-refractivity contribution is -0.116. The molecule has 0 spiro atoms. The van der Waals surface area contributed by atoms with Gasteiger partial charge in [0.15, 0.2) is 0 Å². The fourth-order valence-corrected chi connectivity index (χ4v) is 2.62. The standard InChI is InChI=1S/C17H15ClFN5O3/c18-14-2-1-3-15(19)13(14)10-24-9-12(7-21-24)22-16(25)4-5-23-8-11(6-20-23)17(26)27/h1-3,6-9H,4-5,10H2,(H,22,25)(H,26,27). The van der Waals surface area contributed by atoms with Crippen molar-refractivity contribution in [3.63, 3.8) is 0 Å². The Balaban J connectivity index is 1.55. The lowest BCUT2D eigenvalue weighted by Crippen LogP contribution is -2.14. The predicted molar refractivity (Wildman–Crippen MR) is 95.2 cm³/mol. The van der Waals surface area contributed by atoms with Crippen LogP contribution in [0.15, 0.2) is 43.0 Å². The van der Waals surface area contributed by atoms with Crippen LogP contribution in [0, 0.1) is 5.82 Å². The molecule has 140 valence electrons. The number of carbonyl (C=O) groups excluding carboxylic acids is 1. The van der Waals surface area contributed by atoms with Crippen molar-refractivity contribution in [3.05, 3.63) is 65.0 Å². The fourth-order valence-electron chi connectivity index (χ4n) is 2.40. The second-order valence-electron chi connectivity index (χ2n) is 5.72. The van der Waals surface area contributed by atoms with Crippen LogP contribution in [-0.4, -0.2) is 36.5 Å². The van der Waals surface area contributed by atoms with Gasteiger partial charge in [-0.15, -0.1) is 0 Å². The molecule has 0 saturated carbocycles. The number of carboxylic acid groups (broad SMARTS) is 1. The first-order chi connectivity index (χ1) is 12.9. The Morgan fingerprint density at radius 1 is 1.19 bits per heavy atom. The van der Waals surface area contributed by atoms with E-state index in [0.29, 0.717) is 16.3 Å². The Hall–Kier alpha value is -3.20. The number of aryl methyl sites for hydroxylation is 1. The van der Waals surface area contributed by atoms with Crippen molar-refractivity contribution in [2.75, 3.05) is 5.32 Å². The molecule has 2 aromatic heterocycles. The summed E-state index contributed by atoms with van der Waals surface area (Å²) in [4.78, 5) is 22.8. The summed E-state index contributed by atoms with van der Waals surface area (Å²) in [6, 6.07) is 4.44. The van der Waals surface area contributed by atoms with Crippen LogP contribution in [0.1, 0.15) is 22.3 Å². The number of nitrogens with one attached hydrogen (secondary N) is 1. The largest absolute Gasteiger partial charge is 0.478 e. The van der Waals surface area contributed by atoms with Crippen molar-refractivity contribution < 1.29 is 19.1 Å². The van der Waals surface area contributed by atoms with E-state index in [-0.39, 0.29) is 31.0 Å². The first-order valence-corrected chi connectivity index (χ1v) is 8.31. The van der Waals surface area contributed by atoms with Crippen molar-refractivity contribution in [2.24, 2.45) is 0 Å². The van der Waals surface area contributed by atoms with Crippen molar-refractivity contribution in [3.8, 4) is 0 Å². The number of carbonyl (C=O) groups is 2. The summed E-state index contributed by atoms with van der Waals surface area (Å²) in [5.74, 6) is -1.79. The summed E-state index contributed by atoms with van der Waals surface area (Å²) < 4.78 is 16.7. The zero-order valence-corrected chi connectivity index (χ0v) is 14.7. The van der Waals surface area contributed by atoms with E-state index in [9.17, 15) is 14.0 Å². The maximum atomic E-state index is 13.8. The zero-order valence-electron chi connectivity index (χ0n) is 14.0. The van der Waals surface area contributed by atoms with Crippen molar-refractivity contribution >= 4 is 29.2 Å². The van der Waals surface area contributed by atoms with Gasteiger partial charge in [0.2, 0.25) is 5.91 Å². The molecule has 10 heteroatoms. The van der Waals surface area contributed by atoms with Crippen LogP contribution in [-0.2, 0) is 17.9 Å². The SMILES string of the molecule is O=C(CCn1cc(C(=O)O)cn1)Nc1cnn(Cc2c(F)cccc2Cl)c1. The van der Waals surface area contributed by atoms with Crippen molar-refractivity contribution in [1.29, 1.82) is 0 Å². The van der Waals surface area contributed by atoms with Gasteiger partial charge in [-0.25, -0.2) is 9.18 Å². The fraction of sp³-hybridized carbons (Fsp3) is 0.176. The molecule has 0 aliphatic heterocycles. The molecule has 2 heterocycles. The van der Waals surface area contributed by atoms with Crippen LogP contribution in [0.25, 0.3) is 0 Å². The van der Waals surface area contributed by atoms with Crippen LogP contribution >= 0.6 is 11.6 Å². The molecule has 1 amide bonds. The number of rotatable bonds is 7. The zero-order chi connectivity index (χ0) is 19.4. The Kier molecular flexibility index (Phi) is 5.51. The van der Waals surface area contributed by atoms with E-state index < -0.39 is 11.8 Å². The number of aromatic carboxylic acids is 1. The lowest BCUT2D eigenvalue weighted by Gasteiger charge is -2.06. The van der Waals surface area contributed by atoms with E-state index >= 15 is 0 Å². The quantitative estimate of drug-likeness (QED) is 0.644. The average molecular weight is 392 g/mol. The number of amides is 1. The van der Waals surface area contributed by atoms with Crippen LogP contribution in [0.5, 0.6) is 0 Å². The maximum Gasteiger partial charge on any atom is 0.338 e. The molecule has 0 fully saturated rings. The Morgan fingerprint density at radius 2 is 1.96 bits per heavy atom. The number of hydrogen-bond donors (Lipinski definition) is 2. The summed E-state index contributed by atoms with van der Waals surface area (Å²) in [5.41, 5.74) is 0.829. The molecule has 2 N–H and O–H groups in total. The molecule has 0 bridgehead atoms. The number of aromatic nitrogens is 4. The second-order valence-corrected chi connectivity index (χ2v) is 6.13. The van der Waals surface area contributed by atoms with Gasteiger partial charge in [-0.05, 0) is 12.1 Å². The highest BCUT2D eigenvalue weighted by Gasteiger charge is 2.11. The third-order valence-electron chi connectivity index (χ3n) is 3.75. The third kappa shape index (κ3) is 4.70. The highest BCUT2D eigenvalue weighted by atomic mass is 35.5. The van der Waals surface area contributed by atoms with Gasteiger partial charge in [0.25, 0.3) is 0 Å². The van der Waals surface area contributed by atoms with Gasteiger partial charge in [0, 0.05) is 35.9 Å². The minimum Gasteiger partial charge on any atom is -0.478 e. The molecule has 0 radical (unpaired) electrons. The predicted octanol–water partition coefficient (Wildman–Crippen LogP) is 2.65. The molecule has 27 heavy (non-hydrogen) atoms. The summed E-state index contributed by atoms with van der Waals surface area (Å²) in [6.07, 6.45) is 5.69. The summed E-state index contributed by atoms with van der Waals surface area (Å²) in [7, 11) is 0. The summed E-state index contributed by atoms with van der Waals surface area (Å²) in [5, 5.41) is 19.8. The van der Waals surface area contributed by atoms with Gasteiger partial charge in [0.1, 0.15) is 5.82 Å². The molecule has 0 saturated heterocycles. The molecular weight excluding hydrogens is 377 g/mol. The van der Waals surface area contributed by atoms with Crippen LogP contribution in [0.4, 0.5) is 10.1 Å². The summed E-state index contributed by atoms with van der Waals surface area (Å²) >= 11 is 6.00. The van der Waals surface area contributed by atoms with E-state index in [1.807, 2.05) is 0 Å². The van der Waals surface area contributed by atoms with E-state index in [1.54, 1.807) is 12.3 Å². The van der Waals surface area contributed by atoms with E-state index in [1.165, 1.54) is 40.1 Å². The van der Waals surface area contributed by atoms with Gasteiger partial charge in [0.05, 0.1) is 30.2 Å². The van der Waals surface area contributed by atoms with Crippen molar-refractivity contribution in [2.45, 2.75) is 19.5 Å². The van der Waals surface area contributed by atoms with E-state index in [4.69, 9.17) is 16.7 Å². The van der Waals surface area contributed by atoms with Crippen molar-refractivity contribution in [1.82, 2.24) is 19.6 Å². The molecule has 0 aliphatic carbocycles. The summed E-state index contributed by atoms with van der Waals surface area (Å²) in [6.45, 7) is 0.366. The van der Waals surface area contributed by atoms with Gasteiger partial charge in [-0.2, -0.15) is 10.2 Å². The first-order valence-electron chi connectivity index (χ1n) is 7.93. The Labute approximate surface area is 158 Å². The normalized spacial score (nSPS) is 10.7. The van der Waals surface area contributed by atoms with Gasteiger partial charge < -0.3 is 10.4 Å². The monoisotopic (exact) mass is 391 g/mol. The molecule has 0 aliphatic rings. The minimum absolute atomic E-state index is 0.0588. The van der Waals surface area contributed by atoms with E-state index in [0.717, 1.165) is 0 Å². The molecule has 1 aromatic carbocycles. The second kappa shape index (κ2) is 8.00. The number of carboxylic acids is 1. The number of benzene rings is 1. The smallest absolute Gasteiger partial charge is 0.338 e. The molecule has 3 rings (SSSR count). The number of hydrogen-bond acceptors (Lipinski definition) is 4. The Morgan fingerprint density at radius 3 is 2.67 bits per heavy atom. The molecule has 0 atom stereocenters. The topological polar surface area (TPSA) is 102 Å². The molecule has 8 nitrogen and oxygen atoms in total. The van der Waals surface area contributed by atoms with Gasteiger partial charge in [-0.1, -0.05) is 17.7 Å². The van der Waals surface area contributed by atoms with Crippen LogP contribution in [0.3, 0.4) is 0 Å². The third-order valence-corrected chi connectivity index (χ3v) is 4.10. The van der Waals surface area contributed by atoms with Gasteiger partial charge >= 0.3 is 5.97 Å². The van der Waals surface area contributed by atoms with Crippen LogP contribution in [0.2, 0.25) is 5.02 Å². The number of halogens is 2. The molecular formula is C17H15ClFN5O3. The first kappa shape index (κ1) is 18.6. The highest BCUT2D eigenvalue weighted by Crippen LogP contribution is 2.20. The number of anilines is 1. The molecule has 3 aromatic rings. The highest BCUT2D eigenvalue weighted by molar-refractivity contribution is 6.31. The van der Waals surface area contributed by atoms with Crippen LogP contribution < -0.4 is 5.32 Å². The average Bonchev–Trinajstić information content (AvgIpc) is 3.26. The van der Waals surface area contributed by atoms with E-state index in [2.05, 4.69) is 15.5 Å². The minimum atomic E-state index is -1.08. The van der Waals surface area contributed by atoms with Gasteiger partial charge in [-0.3, -0.25) is 14.2 Å².